The van der Waals surface area contributed by atoms with Crippen LogP contribution in [0.25, 0.3) is 0 Å². The molecule has 0 aliphatic carbocycles. The van der Waals surface area contributed by atoms with Crippen LogP contribution in [0.4, 0.5) is 32.0 Å². The number of nitrogens with one attached hydrogen (secondary N) is 1. The van der Waals surface area contributed by atoms with E-state index in [2.05, 4.69) is 10.2 Å². The van der Waals surface area contributed by atoms with Crippen LogP contribution in [-0.2, 0) is 30.1 Å². The zero-order valence-corrected chi connectivity index (χ0v) is 25.1. The highest BCUT2D eigenvalue weighted by atomic mass is 19.4. The predicted molar refractivity (Wildman–Crippen MR) is 159 cm³/mol. The highest BCUT2D eigenvalue weighted by Gasteiger charge is 2.48. The second-order valence-electron chi connectivity index (χ2n) is 11.8. The summed E-state index contributed by atoms with van der Waals surface area (Å²) in [6.45, 7) is 2.38. The molecule has 2 atom stereocenters. The summed E-state index contributed by atoms with van der Waals surface area (Å²) >= 11 is 0. The van der Waals surface area contributed by atoms with Crippen LogP contribution in [0.1, 0.15) is 28.7 Å². The number of methoxy groups -OCH3 is 1. The van der Waals surface area contributed by atoms with Crippen molar-refractivity contribution in [2.75, 3.05) is 51.8 Å². The van der Waals surface area contributed by atoms with Crippen molar-refractivity contribution >= 4 is 11.6 Å². The first-order chi connectivity index (χ1) is 21.3. The molecule has 242 valence electrons. The van der Waals surface area contributed by atoms with E-state index in [4.69, 9.17) is 4.74 Å². The number of nitrogens with zero attached hydrogens (tertiary/aromatic N) is 3. The van der Waals surface area contributed by atoms with Crippen molar-refractivity contribution in [3.8, 4) is 5.75 Å². The molecule has 5 rings (SSSR count). The molecule has 0 bridgehead atoms. The number of amides is 1. The zero-order valence-electron chi connectivity index (χ0n) is 25.1. The molecule has 1 N–H and O–H groups in total. The van der Waals surface area contributed by atoms with Gasteiger partial charge < -0.3 is 19.9 Å². The highest BCUT2D eigenvalue weighted by Crippen LogP contribution is 2.37. The van der Waals surface area contributed by atoms with Crippen LogP contribution in [0, 0.1) is 0 Å². The Labute approximate surface area is 258 Å². The average molecular weight is 635 g/mol. The van der Waals surface area contributed by atoms with Crippen LogP contribution in [0.3, 0.4) is 0 Å². The molecular weight excluding hydrogens is 598 g/mol. The molecule has 2 heterocycles. The second kappa shape index (κ2) is 12.9. The monoisotopic (exact) mass is 634 g/mol. The van der Waals surface area contributed by atoms with Gasteiger partial charge in [0.25, 0.3) is 0 Å². The van der Waals surface area contributed by atoms with E-state index < -0.39 is 29.0 Å². The molecule has 0 spiro atoms. The zero-order chi connectivity index (χ0) is 32.4. The van der Waals surface area contributed by atoms with Crippen molar-refractivity contribution in [3.05, 3.63) is 95.1 Å². The Bertz CT molecular complexity index is 1440. The number of hydrogen-bond acceptors (Lipinski definition) is 5. The van der Waals surface area contributed by atoms with Crippen LogP contribution < -0.4 is 15.0 Å². The summed E-state index contributed by atoms with van der Waals surface area (Å²) in [7, 11) is 3.28. The van der Waals surface area contributed by atoms with Crippen molar-refractivity contribution in [3.63, 3.8) is 0 Å². The molecule has 2 aliphatic heterocycles. The summed E-state index contributed by atoms with van der Waals surface area (Å²) in [5.41, 5.74) is -1.87. The van der Waals surface area contributed by atoms with E-state index in [-0.39, 0.29) is 30.1 Å². The fraction of sp³-hybridized carbons (Fsp3) is 0.424. The molecule has 2 fully saturated rings. The van der Waals surface area contributed by atoms with Gasteiger partial charge in [0.1, 0.15) is 11.3 Å². The fourth-order valence-corrected chi connectivity index (χ4v) is 6.36. The maximum atomic E-state index is 14.3. The number of likely N-dealkylation sites (N-methyl/N-ethyl adjacent to an activating group) is 1. The number of halogens is 6. The van der Waals surface area contributed by atoms with Crippen molar-refractivity contribution in [1.29, 1.82) is 0 Å². The third-order valence-electron chi connectivity index (χ3n) is 8.71. The van der Waals surface area contributed by atoms with Crippen LogP contribution >= 0.6 is 0 Å². The number of benzene rings is 3. The van der Waals surface area contributed by atoms with Crippen molar-refractivity contribution in [1.82, 2.24) is 15.1 Å². The Hall–Kier alpha value is -3.77. The SMILES string of the molecule is COc1ccccc1N1CCN(C(=O)[C@]2(Cc3ccccc3)C[C@H](N(C)Cc3cc(C(F)(F)F)cc(C(F)(F)F)c3)CN2)CC1. The Morgan fingerprint density at radius 3 is 2.09 bits per heavy atom. The largest absolute Gasteiger partial charge is 0.495 e. The first-order valence-electron chi connectivity index (χ1n) is 14.7. The molecule has 2 saturated heterocycles. The number of alkyl halides is 6. The Morgan fingerprint density at radius 2 is 1.49 bits per heavy atom. The van der Waals surface area contributed by atoms with Gasteiger partial charge >= 0.3 is 12.4 Å². The molecule has 0 aromatic heterocycles. The summed E-state index contributed by atoms with van der Waals surface area (Å²) in [5.74, 6) is 0.685. The first-order valence-corrected chi connectivity index (χ1v) is 14.7. The molecule has 6 nitrogen and oxygen atoms in total. The maximum Gasteiger partial charge on any atom is 0.416 e. The molecular formula is C33H36F6N4O2. The number of carbonyl (C=O) groups is 1. The van der Waals surface area contributed by atoms with Crippen LogP contribution in [0.15, 0.2) is 72.8 Å². The smallest absolute Gasteiger partial charge is 0.416 e. The van der Waals surface area contributed by atoms with Crippen LogP contribution in [0.5, 0.6) is 5.75 Å². The predicted octanol–water partition coefficient (Wildman–Crippen LogP) is 5.86. The van der Waals surface area contributed by atoms with Crippen LogP contribution in [-0.4, -0.2) is 74.2 Å². The van der Waals surface area contributed by atoms with Gasteiger partial charge in [0, 0.05) is 45.3 Å². The minimum Gasteiger partial charge on any atom is -0.495 e. The van der Waals surface area contributed by atoms with E-state index in [1.807, 2.05) is 59.5 Å². The highest BCUT2D eigenvalue weighted by molar-refractivity contribution is 5.87. The summed E-state index contributed by atoms with van der Waals surface area (Å²) in [4.78, 5) is 20.0. The molecule has 2 aliphatic rings. The number of rotatable bonds is 8. The standard InChI is InChI=1S/C33H36F6N4O2/c1-41(22-24-16-25(32(34,35)36)18-26(17-24)33(37,38)39)27-20-31(40-21-27,19-23-8-4-3-5-9-23)30(44)43-14-12-42(13-15-43)28-10-6-7-11-29(28)45-2/h3-11,16-18,27,40H,12-15,19-22H2,1-2H3/t27-,31-/m0/s1. The second-order valence-corrected chi connectivity index (χ2v) is 11.8. The summed E-state index contributed by atoms with van der Waals surface area (Å²) in [6.07, 6.45) is -9.10. The number of ether oxygens (including phenoxy) is 1. The number of anilines is 1. The molecule has 3 aromatic carbocycles. The number of hydrogen-bond donors (Lipinski definition) is 1. The number of carbonyl (C=O) groups excluding carboxylic acids is 1. The third-order valence-corrected chi connectivity index (χ3v) is 8.71. The number of para-hydroxylation sites is 2. The quantitative estimate of drug-likeness (QED) is 0.315. The van der Waals surface area contributed by atoms with Gasteiger partial charge in [-0.3, -0.25) is 9.69 Å². The van der Waals surface area contributed by atoms with Crippen molar-refractivity contribution in [2.24, 2.45) is 0 Å². The first kappa shape index (κ1) is 32.6. The third kappa shape index (κ3) is 7.38. The van der Waals surface area contributed by atoms with Crippen molar-refractivity contribution in [2.45, 2.75) is 43.3 Å². The van der Waals surface area contributed by atoms with Gasteiger partial charge in [-0.1, -0.05) is 42.5 Å². The summed E-state index contributed by atoms with van der Waals surface area (Å²) in [5, 5.41) is 3.44. The summed E-state index contributed by atoms with van der Waals surface area (Å²) < 4.78 is 86.3. The lowest BCUT2D eigenvalue weighted by Crippen LogP contribution is -2.60. The van der Waals surface area contributed by atoms with E-state index in [0.29, 0.717) is 45.6 Å². The molecule has 0 radical (unpaired) electrons. The van der Waals surface area contributed by atoms with E-state index in [0.717, 1.165) is 29.1 Å². The lowest BCUT2D eigenvalue weighted by Gasteiger charge is -2.41. The molecule has 45 heavy (non-hydrogen) atoms. The molecule has 0 unspecified atom stereocenters. The minimum atomic E-state index is -4.92. The topological polar surface area (TPSA) is 48.1 Å². The van der Waals surface area contributed by atoms with Gasteiger partial charge in [0.15, 0.2) is 0 Å². The lowest BCUT2D eigenvalue weighted by atomic mass is 9.86. The van der Waals surface area contributed by atoms with Crippen LogP contribution in [0.2, 0.25) is 0 Å². The van der Waals surface area contributed by atoms with Gasteiger partial charge in [-0.2, -0.15) is 26.3 Å². The van der Waals surface area contributed by atoms with Gasteiger partial charge in [-0.15, -0.1) is 0 Å². The Balaban J connectivity index is 1.34. The maximum absolute atomic E-state index is 14.3. The van der Waals surface area contributed by atoms with E-state index in [1.165, 1.54) is 0 Å². The van der Waals surface area contributed by atoms with Gasteiger partial charge in [-0.05, 0) is 61.3 Å². The Kier molecular flexibility index (Phi) is 9.36. The Morgan fingerprint density at radius 1 is 0.889 bits per heavy atom. The van der Waals surface area contributed by atoms with Gasteiger partial charge in [0.05, 0.1) is 23.9 Å². The number of piperazine rings is 1. The summed E-state index contributed by atoms with van der Waals surface area (Å²) in [6, 6.07) is 18.6. The van der Waals surface area contributed by atoms with Gasteiger partial charge in [0.2, 0.25) is 5.91 Å². The molecule has 3 aromatic rings. The van der Waals surface area contributed by atoms with E-state index >= 15 is 0 Å². The normalized spacial score (nSPS) is 21.0. The minimum absolute atomic E-state index is 0.0691. The molecule has 0 saturated carbocycles. The lowest BCUT2D eigenvalue weighted by molar-refractivity contribution is -0.143. The molecule has 12 heteroatoms. The van der Waals surface area contributed by atoms with Gasteiger partial charge in [-0.25, -0.2) is 0 Å². The average Bonchev–Trinajstić information content (AvgIpc) is 3.45. The van der Waals surface area contributed by atoms with E-state index in [9.17, 15) is 31.1 Å². The molecule has 1 amide bonds. The fourth-order valence-electron chi connectivity index (χ4n) is 6.36. The van der Waals surface area contributed by atoms with E-state index in [1.54, 1.807) is 19.1 Å². The van der Waals surface area contributed by atoms with Crippen molar-refractivity contribution < 1.29 is 35.9 Å².